The Hall–Kier alpha value is -3.77. The fraction of sp³-hybridized carbons (Fsp3) is 0.320. The normalized spacial score (nSPS) is 19.6. The maximum atomic E-state index is 13.8. The minimum atomic E-state index is -4.89. The summed E-state index contributed by atoms with van der Waals surface area (Å²) in [5, 5.41) is 10.3. The first-order valence-electron chi connectivity index (χ1n) is 11.6. The van der Waals surface area contributed by atoms with Crippen molar-refractivity contribution in [2.45, 2.75) is 37.9 Å². The predicted octanol–water partition coefficient (Wildman–Crippen LogP) is 4.22. The first kappa shape index (κ1) is 25.9. The van der Waals surface area contributed by atoms with Gasteiger partial charge in [0.25, 0.3) is 5.91 Å². The highest BCUT2D eigenvalue weighted by atomic mass is 35.5. The molecule has 1 N–H and O–H groups in total. The standard InChI is InChI=1S/C25H22ClF3N4O5/c1-31-20(35)13-32(16-9-17(34)10-16)23(36)21-22(31)30-24(33(21)12-14-5-7-15(26)8-6-14)37-18-3-2-4-19(11-18)38-25(27,28)29/h2-8,11,16-17,34H,9-10,12-13H2,1H3/t16-,17+. The van der Waals surface area contributed by atoms with Crippen LogP contribution in [0, 0.1) is 0 Å². The fourth-order valence-corrected chi connectivity index (χ4v) is 4.51. The van der Waals surface area contributed by atoms with Crippen molar-refractivity contribution in [2.24, 2.45) is 0 Å². The smallest absolute Gasteiger partial charge is 0.425 e. The maximum absolute atomic E-state index is 13.8. The molecule has 13 heteroatoms. The number of aliphatic hydroxyl groups is 1. The van der Waals surface area contributed by atoms with Crippen LogP contribution in [0.2, 0.25) is 5.02 Å². The molecule has 2 aliphatic rings. The molecule has 2 heterocycles. The van der Waals surface area contributed by atoms with Gasteiger partial charge in [0.05, 0.1) is 12.6 Å². The third-order valence-corrected chi connectivity index (χ3v) is 6.66. The molecular weight excluding hydrogens is 529 g/mol. The Labute approximate surface area is 219 Å². The summed E-state index contributed by atoms with van der Waals surface area (Å²) in [6.45, 7) is -0.0977. The van der Waals surface area contributed by atoms with E-state index in [0.29, 0.717) is 17.9 Å². The molecule has 0 radical (unpaired) electrons. The number of rotatable bonds is 6. The predicted molar refractivity (Wildman–Crippen MR) is 129 cm³/mol. The monoisotopic (exact) mass is 550 g/mol. The van der Waals surface area contributed by atoms with Crippen molar-refractivity contribution in [2.75, 3.05) is 18.5 Å². The van der Waals surface area contributed by atoms with Gasteiger partial charge >= 0.3 is 12.4 Å². The van der Waals surface area contributed by atoms with E-state index in [2.05, 4.69) is 9.72 Å². The summed E-state index contributed by atoms with van der Waals surface area (Å²) in [7, 11) is 1.48. The van der Waals surface area contributed by atoms with Gasteiger partial charge in [-0.05, 0) is 42.7 Å². The number of ether oxygens (including phenoxy) is 2. The number of amides is 2. The molecule has 2 amide bonds. The van der Waals surface area contributed by atoms with Crippen LogP contribution in [-0.4, -0.2) is 63.5 Å². The number of anilines is 1. The number of carbonyl (C=O) groups excluding carboxylic acids is 2. The van der Waals surface area contributed by atoms with E-state index in [0.717, 1.165) is 17.7 Å². The van der Waals surface area contributed by atoms with E-state index >= 15 is 0 Å². The van der Waals surface area contributed by atoms with Crippen LogP contribution >= 0.6 is 11.6 Å². The number of alkyl halides is 3. The molecule has 3 aromatic rings. The summed E-state index contributed by atoms with van der Waals surface area (Å²) in [5.41, 5.74) is 0.803. The Balaban J connectivity index is 1.58. The molecular formula is C25H22ClF3N4O5. The lowest BCUT2D eigenvalue weighted by Gasteiger charge is -2.39. The van der Waals surface area contributed by atoms with Gasteiger partial charge in [0.2, 0.25) is 5.91 Å². The SMILES string of the molecule is CN1C(=O)CN([C@H]2C[C@@H](O)C2)C(=O)c2c1nc(Oc1cccc(OC(F)(F)F)c1)n2Cc1ccc(Cl)cc1. The average molecular weight is 551 g/mol. The van der Waals surface area contributed by atoms with Crippen LogP contribution in [0.25, 0.3) is 0 Å². The van der Waals surface area contributed by atoms with E-state index in [1.54, 1.807) is 24.3 Å². The zero-order valence-corrected chi connectivity index (χ0v) is 20.7. The van der Waals surface area contributed by atoms with Crippen molar-refractivity contribution in [1.29, 1.82) is 0 Å². The zero-order chi connectivity index (χ0) is 27.2. The summed E-state index contributed by atoms with van der Waals surface area (Å²) in [6.07, 6.45) is -4.75. The Morgan fingerprint density at radius 3 is 2.45 bits per heavy atom. The Bertz CT molecular complexity index is 1370. The largest absolute Gasteiger partial charge is 0.573 e. The molecule has 0 spiro atoms. The van der Waals surface area contributed by atoms with Crippen molar-refractivity contribution < 1.29 is 37.3 Å². The van der Waals surface area contributed by atoms with Crippen molar-refractivity contribution in [3.8, 4) is 17.5 Å². The zero-order valence-electron chi connectivity index (χ0n) is 20.0. The van der Waals surface area contributed by atoms with E-state index < -0.39 is 24.1 Å². The van der Waals surface area contributed by atoms with E-state index in [1.165, 1.54) is 33.5 Å². The van der Waals surface area contributed by atoms with Gasteiger partial charge in [-0.25, -0.2) is 0 Å². The first-order valence-corrected chi connectivity index (χ1v) is 12.0. The highest BCUT2D eigenvalue weighted by Crippen LogP contribution is 2.36. The second-order valence-corrected chi connectivity index (χ2v) is 9.51. The van der Waals surface area contributed by atoms with Gasteiger partial charge in [0, 0.05) is 24.2 Å². The number of halogens is 4. The number of hydrogen-bond acceptors (Lipinski definition) is 6. The number of aliphatic hydroxyl groups excluding tert-OH is 1. The minimum absolute atomic E-state index is 0.0235. The molecule has 5 rings (SSSR count). The fourth-order valence-electron chi connectivity index (χ4n) is 4.39. The van der Waals surface area contributed by atoms with Crippen LogP contribution in [0.3, 0.4) is 0 Å². The second kappa shape index (κ2) is 9.84. The number of fused-ring (bicyclic) bond motifs is 1. The number of likely N-dealkylation sites (N-methyl/N-ethyl adjacent to an activating group) is 1. The third-order valence-electron chi connectivity index (χ3n) is 6.41. The van der Waals surface area contributed by atoms with Crippen LogP contribution in [-0.2, 0) is 11.3 Å². The van der Waals surface area contributed by atoms with Gasteiger partial charge in [-0.15, -0.1) is 13.2 Å². The summed E-state index contributed by atoms with van der Waals surface area (Å²) in [5.74, 6) is -1.33. The summed E-state index contributed by atoms with van der Waals surface area (Å²) in [4.78, 5) is 33.8. The van der Waals surface area contributed by atoms with Crippen LogP contribution in [0.4, 0.5) is 19.0 Å². The van der Waals surface area contributed by atoms with Crippen molar-refractivity contribution in [3.05, 3.63) is 64.8 Å². The summed E-state index contributed by atoms with van der Waals surface area (Å²) >= 11 is 6.01. The number of benzene rings is 2. The first-order chi connectivity index (χ1) is 18.0. The topological polar surface area (TPSA) is 97.1 Å². The van der Waals surface area contributed by atoms with Crippen LogP contribution < -0.4 is 14.4 Å². The Morgan fingerprint density at radius 2 is 1.79 bits per heavy atom. The Kier molecular flexibility index (Phi) is 6.70. The molecule has 2 aromatic carbocycles. The van der Waals surface area contributed by atoms with Gasteiger partial charge in [0.1, 0.15) is 18.0 Å². The average Bonchev–Trinajstić information content (AvgIpc) is 3.13. The quantitative estimate of drug-likeness (QED) is 0.494. The molecule has 0 atom stereocenters. The van der Waals surface area contributed by atoms with Crippen LogP contribution in [0.5, 0.6) is 17.5 Å². The summed E-state index contributed by atoms with van der Waals surface area (Å²) in [6, 6.07) is 11.3. The lowest BCUT2D eigenvalue weighted by Crippen LogP contribution is -2.52. The van der Waals surface area contributed by atoms with Gasteiger partial charge in [-0.3, -0.25) is 19.1 Å². The van der Waals surface area contributed by atoms with E-state index in [-0.39, 0.29) is 48.3 Å². The number of aromatic nitrogens is 2. The molecule has 200 valence electrons. The Morgan fingerprint density at radius 1 is 1.11 bits per heavy atom. The highest BCUT2D eigenvalue weighted by molar-refractivity contribution is 6.30. The van der Waals surface area contributed by atoms with E-state index in [4.69, 9.17) is 16.3 Å². The van der Waals surface area contributed by atoms with Gasteiger partial charge in [-0.1, -0.05) is 29.8 Å². The molecule has 1 aromatic heterocycles. The maximum Gasteiger partial charge on any atom is 0.573 e. The molecule has 1 aliphatic carbocycles. The third kappa shape index (κ3) is 5.27. The summed E-state index contributed by atoms with van der Waals surface area (Å²) < 4.78 is 49.5. The molecule has 0 bridgehead atoms. The van der Waals surface area contributed by atoms with E-state index in [1.807, 2.05) is 0 Å². The molecule has 9 nitrogen and oxygen atoms in total. The number of imidazole rings is 1. The minimum Gasteiger partial charge on any atom is -0.425 e. The van der Waals surface area contributed by atoms with Gasteiger partial charge in [0.15, 0.2) is 11.5 Å². The second-order valence-electron chi connectivity index (χ2n) is 9.07. The van der Waals surface area contributed by atoms with Crippen LogP contribution in [0.15, 0.2) is 48.5 Å². The van der Waals surface area contributed by atoms with Gasteiger partial charge < -0.3 is 19.5 Å². The lowest BCUT2D eigenvalue weighted by atomic mass is 9.88. The van der Waals surface area contributed by atoms with E-state index in [9.17, 15) is 27.9 Å². The molecule has 0 unspecified atom stereocenters. The van der Waals surface area contributed by atoms with Crippen molar-refractivity contribution in [1.82, 2.24) is 14.5 Å². The molecule has 1 aliphatic heterocycles. The molecule has 1 fully saturated rings. The highest BCUT2D eigenvalue weighted by Gasteiger charge is 2.42. The number of hydrogen-bond donors (Lipinski definition) is 1. The number of carbonyl (C=O) groups is 2. The molecule has 1 saturated carbocycles. The molecule has 38 heavy (non-hydrogen) atoms. The lowest BCUT2D eigenvalue weighted by molar-refractivity contribution is -0.274. The van der Waals surface area contributed by atoms with Gasteiger partial charge in [-0.2, -0.15) is 4.98 Å². The van der Waals surface area contributed by atoms with Crippen LogP contribution in [0.1, 0.15) is 28.9 Å². The van der Waals surface area contributed by atoms with Crippen molar-refractivity contribution in [3.63, 3.8) is 0 Å². The van der Waals surface area contributed by atoms with Crippen molar-refractivity contribution >= 4 is 29.2 Å². The number of nitrogens with zero attached hydrogens (tertiary/aromatic N) is 4. The molecule has 0 saturated heterocycles.